The molecule has 2 heterocycles. The smallest absolute Gasteiger partial charge is 0.267 e. The van der Waals surface area contributed by atoms with Crippen molar-refractivity contribution in [2.75, 3.05) is 13.2 Å². The summed E-state index contributed by atoms with van der Waals surface area (Å²) in [6.07, 6.45) is 4.16. The molecule has 0 aliphatic carbocycles. The van der Waals surface area contributed by atoms with Crippen molar-refractivity contribution >= 4 is 16.8 Å². The van der Waals surface area contributed by atoms with Crippen LogP contribution in [0.2, 0.25) is 0 Å². The van der Waals surface area contributed by atoms with Gasteiger partial charge in [0.25, 0.3) is 5.91 Å². The van der Waals surface area contributed by atoms with Crippen LogP contribution in [0.5, 0.6) is 5.75 Å². The van der Waals surface area contributed by atoms with Crippen molar-refractivity contribution in [1.29, 1.82) is 0 Å². The number of aromatic nitrogens is 2. The molecule has 5 heteroatoms. The average molecular weight is 468 g/mol. The van der Waals surface area contributed by atoms with E-state index in [4.69, 9.17) is 4.74 Å². The Morgan fingerprint density at radius 3 is 2.57 bits per heavy atom. The summed E-state index contributed by atoms with van der Waals surface area (Å²) in [6.45, 7) is 11.9. The first-order chi connectivity index (χ1) is 16.9. The van der Waals surface area contributed by atoms with Gasteiger partial charge in [-0.25, -0.2) is 0 Å². The normalized spacial score (nSPS) is 11.4. The lowest BCUT2D eigenvalue weighted by atomic mass is 9.87. The zero-order valence-electron chi connectivity index (χ0n) is 20.8. The van der Waals surface area contributed by atoms with Gasteiger partial charge in [0.1, 0.15) is 18.1 Å². The maximum Gasteiger partial charge on any atom is 0.267 e. The molecular weight excluding hydrogens is 434 g/mol. The minimum atomic E-state index is -0.113. The van der Waals surface area contributed by atoms with E-state index in [-0.39, 0.29) is 11.3 Å². The van der Waals surface area contributed by atoms with Gasteiger partial charge in [-0.2, -0.15) is 0 Å². The van der Waals surface area contributed by atoms with Crippen LogP contribution in [0.25, 0.3) is 10.9 Å². The number of nitrogens with one attached hydrogen (secondary N) is 1. The van der Waals surface area contributed by atoms with E-state index in [9.17, 15) is 4.79 Å². The Labute approximate surface area is 207 Å². The van der Waals surface area contributed by atoms with E-state index in [1.165, 1.54) is 5.56 Å². The Morgan fingerprint density at radius 2 is 1.89 bits per heavy atom. The summed E-state index contributed by atoms with van der Waals surface area (Å²) in [5.74, 6) is 0.630. The second kappa shape index (κ2) is 10.6. The molecule has 0 saturated carbocycles. The Bertz CT molecular complexity index is 1300. The number of nitrogens with zero attached hydrogens (tertiary/aromatic N) is 2. The Hall–Kier alpha value is -3.86. The van der Waals surface area contributed by atoms with Gasteiger partial charge in [0.05, 0.1) is 5.52 Å². The molecular formula is C30H33N3O2. The molecule has 1 N–H and O–H groups in total. The van der Waals surface area contributed by atoms with Crippen LogP contribution in [0.3, 0.4) is 0 Å². The summed E-state index contributed by atoms with van der Waals surface area (Å²) in [7, 11) is 0. The maximum absolute atomic E-state index is 13.3. The third-order valence-corrected chi connectivity index (χ3v) is 6.05. The molecule has 0 atom stereocenters. The largest absolute Gasteiger partial charge is 0.489 e. The summed E-state index contributed by atoms with van der Waals surface area (Å²) in [6, 6.07) is 22.3. The summed E-state index contributed by atoms with van der Waals surface area (Å²) < 4.78 is 7.96. The van der Waals surface area contributed by atoms with Crippen LogP contribution in [0.15, 0.2) is 85.6 Å². The van der Waals surface area contributed by atoms with Gasteiger partial charge in [-0.05, 0) is 46.9 Å². The van der Waals surface area contributed by atoms with Gasteiger partial charge in [0, 0.05) is 36.8 Å². The lowest BCUT2D eigenvalue weighted by molar-refractivity contribution is 0.0945. The van der Waals surface area contributed by atoms with E-state index in [0.717, 1.165) is 27.9 Å². The number of fused-ring (bicyclic) bond motifs is 1. The Morgan fingerprint density at radius 1 is 1.09 bits per heavy atom. The molecule has 5 nitrogen and oxygen atoms in total. The van der Waals surface area contributed by atoms with Crippen LogP contribution in [0, 0.1) is 0 Å². The van der Waals surface area contributed by atoms with Crippen molar-refractivity contribution in [2.24, 2.45) is 0 Å². The predicted molar refractivity (Wildman–Crippen MR) is 142 cm³/mol. The Kier molecular flexibility index (Phi) is 7.35. The fourth-order valence-electron chi connectivity index (χ4n) is 4.12. The lowest BCUT2D eigenvalue weighted by Gasteiger charge is -2.19. The molecule has 4 aromatic rings. The molecule has 0 aliphatic rings. The van der Waals surface area contributed by atoms with E-state index in [2.05, 4.69) is 66.5 Å². The van der Waals surface area contributed by atoms with Gasteiger partial charge < -0.3 is 14.6 Å². The number of carbonyl (C=O) groups excluding carboxylic acids is 1. The summed E-state index contributed by atoms with van der Waals surface area (Å²) in [4.78, 5) is 17.7. The van der Waals surface area contributed by atoms with Crippen LogP contribution in [0.1, 0.15) is 48.1 Å². The molecule has 0 saturated heterocycles. The SMILES string of the molecule is C=CCOc1cccc2c1cc(C(=O)NCCc1ccccn1)n2Cc1ccc(C(C)(C)C)cc1. The molecule has 0 spiro atoms. The molecule has 0 radical (unpaired) electrons. The molecule has 2 aromatic carbocycles. The highest BCUT2D eigenvalue weighted by Gasteiger charge is 2.19. The third kappa shape index (κ3) is 5.80. The maximum atomic E-state index is 13.3. The predicted octanol–water partition coefficient (Wildman–Crippen LogP) is 5.92. The molecule has 2 aromatic heterocycles. The van der Waals surface area contributed by atoms with Crippen molar-refractivity contribution in [2.45, 2.75) is 39.2 Å². The second-order valence-electron chi connectivity index (χ2n) is 9.68. The van der Waals surface area contributed by atoms with E-state index < -0.39 is 0 Å². The number of carbonyl (C=O) groups is 1. The molecule has 1 amide bonds. The second-order valence-corrected chi connectivity index (χ2v) is 9.68. The number of rotatable bonds is 9. The molecule has 0 bridgehead atoms. The highest BCUT2D eigenvalue weighted by Crippen LogP contribution is 2.30. The number of amides is 1. The van der Waals surface area contributed by atoms with Crippen LogP contribution < -0.4 is 10.1 Å². The summed E-state index contributed by atoms with van der Waals surface area (Å²) >= 11 is 0. The highest BCUT2D eigenvalue weighted by molar-refractivity contribution is 6.00. The molecule has 0 aliphatic heterocycles. The number of hydrogen-bond acceptors (Lipinski definition) is 3. The minimum Gasteiger partial charge on any atom is -0.489 e. The highest BCUT2D eigenvalue weighted by atomic mass is 16.5. The van der Waals surface area contributed by atoms with Crippen LogP contribution in [-0.4, -0.2) is 28.6 Å². The van der Waals surface area contributed by atoms with Gasteiger partial charge in [-0.1, -0.05) is 69.8 Å². The quantitative estimate of drug-likeness (QED) is 0.311. The first-order valence-corrected chi connectivity index (χ1v) is 12.0. The summed E-state index contributed by atoms with van der Waals surface area (Å²) in [5, 5.41) is 3.98. The lowest BCUT2D eigenvalue weighted by Crippen LogP contribution is -2.28. The first-order valence-electron chi connectivity index (χ1n) is 12.0. The van der Waals surface area contributed by atoms with Gasteiger partial charge in [-0.3, -0.25) is 9.78 Å². The molecule has 4 rings (SSSR count). The minimum absolute atomic E-state index is 0.0920. The first kappa shape index (κ1) is 24.3. The number of hydrogen-bond donors (Lipinski definition) is 1. The van der Waals surface area contributed by atoms with Crippen LogP contribution in [-0.2, 0) is 18.4 Å². The van der Waals surface area contributed by atoms with E-state index in [0.29, 0.717) is 31.8 Å². The average Bonchev–Trinajstić information content (AvgIpc) is 3.22. The van der Waals surface area contributed by atoms with Gasteiger partial charge >= 0.3 is 0 Å². The molecule has 180 valence electrons. The number of benzene rings is 2. The topological polar surface area (TPSA) is 56.1 Å². The molecule has 35 heavy (non-hydrogen) atoms. The number of pyridine rings is 1. The van der Waals surface area contributed by atoms with Crippen molar-refractivity contribution in [1.82, 2.24) is 14.9 Å². The van der Waals surface area contributed by atoms with Crippen molar-refractivity contribution in [3.63, 3.8) is 0 Å². The Balaban J connectivity index is 1.64. The zero-order valence-corrected chi connectivity index (χ0v) is 20.8. The van der Waals surface area contributed by atoms with Crippen molar-refractivity contribution in [3.8, 4) is 5.75 Å². The van der Waals surface area contributed by atoms with E-state index in [1.54, 1.807) is 12.3 Å². The van der Waals surface area contributed by atoms with Crippen molar-refractivity contribution in [3.05, 3.63) is 108 Å². The van der Waals surface area contributed by atoms with Gasteiger partial charge in [-0.15, -0.1) is 0 Å². The fraction of sp³-hybridized carbons (Fsp3) is 0.267. The summed E-state index contributed by atoms with van der Waals surface area (Å²) in [5.41, 5.74) is 5.03. The van der Waals surface area contributed by atoms with E-state index in [1.807, 2.05) is 42.5 Å². The van der Waals surface area contributed by atoms with Gasteiger partial charge in [0.15, 0.2) is 0 Å². The fourth-order valence-corrected chi connectivity index (χ4v) is 4.12. The third-order valence-electron chi connectivity index (χ3n) is 6.05. The van der Waals surface area contributed by atoms with Crippen molar-refractivity contribution < 1.29 is 9.53 Å². The van der Waals surface area contributed by atoms with Crippen LogP contribution in [0.4, 0.5) is 0 Å². The molecule has 0 fully saturated rings. The van der Waals surface area contributed by atoms with Crippen LogP contribution >= 0.6 is 0 Å². The monoisotopic (exact) mass is 467 g/mol. The molecule has 0 unspecified atom stereocenters. The van der Waals surface area contributed by atoms with Gasteiger partial charge in [0.2, 0.25) is 0 Å². The van der Waals surface area contributed by atoms with E-state index >= 15 is 0 Å². The number of ether oxygens (including phenoxy) is 1. The zero-order chi connectivity index (χ0) is 24.8. The standard InChI is InChI=1S/C30H33N3O2/c1-5-19-35-28-11-8-10-26-25(28)20-27(29(34)32-18-16-24-9-6-7-17-31-24)33(26)21-22-12-14-23(15-13-22)30(2,3)4/h5-15,17,20H,1,16,18-19,21H2,2-4H3,(H,32,34).